The molecule has 6 nitrogen and oxygen atoms in total. The Morgan fingerprint density at radius 1 is 1.17 bits per heavy atom. The number of nitrogens with zero attached hydrogens (tertiary/aromatic N) is 3. The first kappa shape index (κ1) is 21.1. The van der Waals surface area contributed by atoms with Crippen molar-refractivity contribution >= 4 is 28.6 Å². The van der Waals surface area contributed by atoms with Crippen LogP contribution in [-0.4, -0.2) is 32.7 Å². The summed E-state index contributed by atoms with van der Waals surface area (Å²) in [4.78, 5) is 13.3. The summed E-state index contributed by atoms with van der Waals surface area (Å²) in [6.07, 6.45) is 1.58. The summed E-state index contributed by atoms with van der Waals surface area (Å²) in [5.41, 5.74) is 3.18. The van der Waals surface area contributed by atoms with E-state index in [0.29, 0.717) is 34.8 Å². The van der Waals surface area contributed by atoms with E-state index in [4.69, 9.17) is 16.3 Å². The fraction of sp³-hybridized carbons (Fsp3) is 0.409. The highest BCUT2D eigenvalue weighted by Crippen LogP contribution is 2.36. The molecule has 0 aliphatic rings. The van der Waals surface area contributed by atoms with E-state index in [9.17, 15) is 9.90 Å². The Balaban J connectivity index is 2.01. The Labute approximate surface area is 175 Å². The van der Waals surface area contributed by atoms with E-state index in [1.807, 2.05) is 39.8 Å². The van der Waals surface area contributed by atoms with Crippen LogP contribution in [0.5, 0.6) is 5.75 Å². The number of aromatic hydroxyl groups is 1. The number of rotatable bonds is 6. The third-order valence-corrected chi connectivity index (χ3v) is 4.84. The third-order valence-electron chi connectivity index (χ3n) is 4.60. The van der Waals surface area contributed by atoms with E-state index in [0.717, 1.165) is 17.5 Å². The van der Waals surface area contributed by atoms with Crippen LogP contribution in [0, 0.1) is 0 Å². The van der Waals surface area contributed by atoms with Crippen LogP contribution in [0.2, 0.25) is 5.02 Å². The van der Waals surface area contributed by atoms with Crippen molar-refractivity contribution in [3.05, 3.63) is 46.5 Å². The number of hydrogen-bond donors (Lipinski definition) is 1. The second kappa shape index (κ2) is 8.41. The van der Waals surface area contributed by atoms with Crippen molar-refractivity contribution < 1.29 is 14.6 Å². The van der Waals surface area contributed by atoms with Gasteiger partial charge in [0, 0.05) is 17.0 Å². The van der Waals surface area contributed by atoms with Gasteiger partial charge in [0.25, 0.3) is 0 Å². The quantitative estimate of drug-likeness (QED) is 0.575. The summed E-state index contributed by atoms with van der Waals surface area (Å²) >= 11 is 6.05. The molecule has 0 radical (unpaired) electrons. The summed E-state index contributed by atoms with van der Waals surface area (Å²) in [6, 6.07) is 9.03. The van der Waals surface area contributed by atoms with Gasteiger partial charge in [-0.3, -0.25) is 4.79 Å². The number of benzene rings is 2. The van der Waals surface area contributed by atoms with Crippen LogP contribution in [0.25, 0.3) is 16.7 Å². The predicted octanol–water partition coefficient (Wildman–Crippen LogP) is 4.96. The van der Waals surface area contributed by atoms with Gasteiger partial charge in [0.15, 0.2) is 0 Å². The largest absolute Gasteiger partial charge is 0.505 e. The molecule has 0 aliphatic heterocycles. The molecule has 0 atom stereocenters. The lowest BCUT2D eigenvalue weighted by Crippen LogP contribution is -2.14. The Bertz CT molecular complexity index is 1040. The van der Waals surface area contributed by atoms with Crippen LogP contribution in [0.15, 0.2) is 30.3 Å². The maximum atomic E-state index is 11.9. The van der Waals surface area contributed by atoms with Crippen molar-refractivity contribution in [2.75, 3.05) is 6.61 Å². The second-order valence-corrected chi connectivity index (χ2v) is 8.54. The summed E-state index contributed by atoms with van der Waals surface area (Å²) < 4.78 is 5.17. The molecule has 0 fully saturated rings. The van der Waals surface area contributed by atoms with E-state index in [1.54, 1.807) is 18.2 Å². The molecule has 3 aromatic rings. The number of halogens is 1. The van der Waals surface area contributed by atoms with E-state index >= 15 is 0 Å². The van der Waals surface area contributed by atoms with Crippen LogP contribution in [-0.2, 0) is 21.4 Å². The van der Waals surface area contributed by atoms with Gasteiger partial charge in [0.05, 0.1) is 6.61 Å². The van der Waals surface area contributed by atoms with Gasteiger partial charge in [-0.2, -0.15) is 0 Å². The molecule has 154 valence electrons. The summed E-state index contributed by atoms with van der Waals surface area (Å²) in [6.45, 7) is 8.47. The Morgan fingerprint density at radius 2 is 1.90 bits per heavy atom. The number of aryl methyl sites for hydroxylation is 1. The number of carbonyl (C=O) groups excluding carboxylic acids is 1. The van der Waals surface area contributed by atoms with Gasteiger partial charge in [-0.1, -0.05) is 45.4 Å². The van der Waals surface area contributed by atoms with Crippen molar-refractivity contribution in [2.45, 2.75) is 52.4 Å². The first-order valence-electron chi connectivity index (χ1n) is 9.74. The first-order valence-corrected chi connectivity index (χ1v) is 10.1. The Kier molecular flexibility index (Phi) is 6.13. The highest BCUT2D eigenvalue weighted by atomic mass is 35.5. The van der Waals surface area contributed by atoms with E-state index < -0.39 is 0 Å². The molecule has 0 aliphatic carbocycles. The lowest BCUT2D eigenvalue weighted by Gasteiger charge is -2.23. The number of phenolic OH excluding ortho intramolecular Hbond substituents is 1. The molecule has 0 bridgehead atoms. The Morgan fingerprint density at radius 3 is 2.59 bits per heavy atom. The number of ether oxygens (including phenoxy) is 1. The van der Waals surface area contributed by atoms with Gasteiger partial charge in [-0.05, 0) is 48.1 Å². The molecular formula is C22H26ClN3O3. The van der Waals surface area contributed by atoms with Gasteiger partial charge in [0.2, 0.25) is 0 Å². The smallest absolute Gasteiger partial charge is 0.306 e. The minimum Gasteiger partial charge on any atom is -0.505 e. The van der Waals surface area contributed by atoms with E-state index in [2.05, 4.69) is 10.2 Å². The minimum atomic E-state index is -0.298. The molecule has 0 unspecified atom stereocenters. The van der Waals surface area contributed by atoms with Crippen molar-refractivity contribution in [1.82, 2.24) is 15.0 Å². The molecule has 1 N–H and O–H groups in total. The molecule has 0 spiro atoms. The molecule has 29 heavy (non-hydrogen) atoms. The fourth-order valence-corrected chi connectivity index (χ4v) is 3.24. The lowest BCUT2D eigenvalue weighted by molar-refractivity contribution is -0.143. The van der Waals surface area contributed by atoms with E-state index in [1.165, 1.54) is 4.80 Å². The number of phenols is 1. The SMILES string of the molecule is CCCOC(=O)CCc1cc(-n2nc3ccc(Cl)cc3n2)c(O)c(C(C)(C)C)c1. The van der Waals surface area contributed by atoms with Crippen molar-refractivity contribution in [3.8, 4) is 11.4 Å². The third kappa shape index (κ3) is 4.88. The zero-order chi connectivity index (χ0) is 21.2. The fourth-order valence-electron chi connectivity index (χ4n) is 3.08. The number of fused-ring (bicyclic) bond motifs is 1. The van der Waals surface area contributed by atoms with Gasteiger partial charge in [-0.25, -0.2) is 0 Å². The normalized spacial score (nSPS) is 11.8. The maximum Gasteiger partial charge on any atom is 0.306 e. The zero-order valence-electron chi connectivity index (χ0n) is 17.2. The topological polar surface area (TPSA) is 77.2 Å². The number of aromatic nitrogens is 3. The van der Waals surface area contributed by atoms with Gasteiger partial charge in [0.1, 0.15) is 22.5 Å². The summed E-state index contributed by atoms with van der Waals surface area (Å²) in [7, 11) is 0. The molecule has 1 heterocycles. The molecule has 3 rings (SSSR count). The first-order chi connectivity index (χ1) is 13.7. The maximum absolute atomic E-state index is 11.9. The molecule has 0 saturated heterocycles. The molecule has 0 saturated carbocycles. The monoisotopic (exact) mass is 415 g/mol. The van der Waals surface area contributed by atoms with Crippen molar-refractivity contribution in [3.63, 3.8) is 0 Å². The standard InChI is InChI=1S/C22H26ClN3O3/c1-5-10-29-20(27)9-6-14-11-16(22(2,3)4)21(28)19(12-14)26-24-17-8-7-15(23)13-18(17)25-26/h7-8,11-13,28H,5-6,9-10H2,1-4H3. The summed E-state index contributed by atoms with van der Waals surface area (Å²) in [5.74, 6) is -0.0995. The lowest BCUT2D eigenvalue weighted by atomic mass is 9.84. The van der Waals surface area contributed by atoms with Crippen LogP contribution in [0.3, 0.4) is 0 Å². The summed E-state index contributed by atoms with van der Waals surface area (Å²) in [5, 5.41) is 20.5. The van der Waals surface area contributed by atoms with Gasteiger partial charge in [-0.15, -0.1) is 15.0 Å². The number of esters is 1. The van der Waals surface area contributed by atoms with Gasteiger partial charge >= 0.3 is 5.97 Å². The van der Waals surface area contributed by atoms with Crippen molar-refractivity contribution in [2.24, 2.45) is 0 Å². The van der Waals surface area contributed by atoms with Crippen LogP contribution in [0.4, 0.5) is 0 Å². The van der Waals surface area contributed by atoms with Crippen LogP contribution < -0.4 is 0 Å². The predicted molar refractivity (Wildman–Crippen MR) is 114 cm³/mol. The highest BCUT2D eigenvalue weighted by molar-refractivity contribution is 6.31. The molecule has 2 aromatic carbocycles. The Hall–Kier alpha value is -2.60. The number of carbonyl (C=O) groups is 1. The second-order valence-electron chi connectivity index (χ2n) is 8.10. The zero-order valence-corrected chi connectivity index (χ0v) is 18.0. The van der Waals surface area contributed by atoms with Crippen molar-refractivity contribution in [1.29, 1.82) is 0 Å². The van der Waals surface area contributed by atoms with Crippen LogP contribution in [0.1, 0.15) is 51.7 Å². The van der Waals surface area contributed by atoms with E-state index in [-0.39, 0.29) is 23.6 Å². The highest BCUT2D eigenvalue weighted by Gasteiger charge is 2.23. The molecular weight excluding hydrogens is 390 g/mol. The van der Waals surface area contributed by atoms with Gasteiger partial charge < -0.3 is 9.84 Å². The average molecular weight is 416 g/mol. The minimum absolute atomic E-state index is 0.126. The molecule has 0 amide bonds. The average Bonchev–Trinajstić information content (AvgIpc) is 3.07. The van der Waals surface area contributed by atoms with Crippen LogP contribution >= 0.6 is 11.6 Å². The molecule has 7 heteroatoms. The molecule has 1 aromatic heterocycles. The number of hydrogen-bond acceptors (Lipinski definition) is 5.